The predicted octanol–water partition coefficient (Wildman–Crippen LogP) is 4.79. The van der Waals surface area contributed by atoms with E-state index < -0.39 is 24.7 Å². The van der Waals surface area contributed by atoms with Gasteiger partial charge in [-0.2, -0.15) is 0 Å². The SMILES string of the molecule is O=C(O)COc1cccc(/C=C/Cn2cccc2C(=O)c2ccc(OC(F)(F)F)cc2)c1. The lowest BCUT2D eigenvalue weighted by molar-refractivity contribution is -0.274. The minimum absolute atomic E-state index is 0.228. The highest BCUT2D eigenvalue weighted by atomic mass is 19.4. The van der Waals surface area contributed by atoms with Gasteiger partial charge in [-0.25, -0.2) is 4.79 Å². The van der Waals surface area contributed by atoms with Crippen LogP contribution >= 0.6 is 0 Å². The van der Waals surface area contributed by atoms with Gasteiger partial charge in [-0.1, -0.05) is 24.3 Å². The smallest absolute Gasteiger partial charge is 0.482 e. The minimum atomic E-state index is -4.80. The maximum Gasteiger partial charge on any atom is 0.573 e. The van der Waals surface area contributed by atoms with Crippen molar-refractivity contribution in [3.8, 4) is 11.5 Å². The number of rotatable bonds is 9. The Bertz CT molecular complexity index is 1120. The molecular weight excluding hydrogens is 427 g/mol. The molecule has 0 amide bonds. The van der Waals surface area contributed by atoms with E-state index in [0.29, 0.717) is 18.0 Å². The molecule has 6 nitrogen and oxygen atoms in total. The molecule has 0 aliphatic rings. The van der Waals surface area contributed by atoms with E-state index >= 15 is 0 Å². The Kier molecular flexibility index (Phi) is 6.99. The minimum Gasteiger partial charge on any atom is -0.482 e. The zero-order valence-corrected chi connectivity index (χ0v) is 16.6. The van der Waals surface area contributed by atoms with Gasteiger partial charge in [-0.3, -0.25) is 4.79 Å². The van der Waals surface area contributed by atoms with Gasteiger partial charge in [-0.15, -0.1) is 13.2 Å². The number of alkyl halides is 3. The van der Waals surface area contributed by atoms with Crippen molar-refractivity contribution in [2.45, 2.75) is 12.9 Å². The first kappa shape index (κ1) is 22.7. The third-order valence-electron chi connectivity index (χ3n) is 4.25. The molecule has 0 unspecified atom stereocenters. The molecule has 3 rings (SSSR count). The van der Waals surface area contributed by atoms with Crippen LogP contribution in [0.3, 0.4) is 0 Å². The fourth-order valence-electron chi connectivity index (χ4n) is 2.89. The lowest BCUT2D eigenvalue weighted by Gasteiger charge is -2.10. The second-order valence-corrected chi connectivity index (χ2v) is 6.60. The molecule has 1 aromatic heterocycles. The Morgan fingerprint density at radius 3 is 2.44 bits per heavy atom. The van der Waals surface area contributed by atoms with Crippen LogP contribution in [0.25, 0.3) is 6.08 Å². The molecule has 1 heterocycles. The fraction of sp³-hybridized carbons (Fsp3) is 0.130. The van der Waals surface area contributed by atoms with Gasteiger partial charge in [0.1, 0.15) is 11.5 Å². The molecule has 0 bridgehead atoms. The second-order valence-electron chi connectivity index (χ2n) is 6.60. The van der Waals surface area contributed by atoms with Crippen LogP contribution in [0.2, 0.25) is 0 Å². The predicted molar refractivity (Wildman–Crippen MR) is 110 cm³/mol. The Hall–Kier alpha value is -4.01. The van der Waals surface area contributed by atoms with Crippen molar-refractivity contribution in [3.05, 3.63) is 89.8 Å². The average Bonchev–Trinajstić information content (AvgIpc) is 3.20. The number of hydrogen-bond acceptors (Lipinski definition) is 4. The van der Waals surface area contributed by atoms with Gasteiger partial charge in [0.05, 0.1) is 5.69 Å². The highest BCUT2D eigenvalue weighted by Crippen LogP contribution is 2.23. The van der Waals surface area contributed by atoms with Crippen molar-refractivity contribution in [3.63, 3.8) is 0 Å². The summed E-state index contributed by atoms with van der Waals surface area (Å²) in [5.74, 6) is -1.39. The highest BCUT2D eigenvalue weighted by Gasteiger charge is 2.31. The summed E-state index contributed by atoms with van der Waals surface area (Å²) in [4.78, 5) is 23.4. The first-order valence-corrected chi connectivity index (χ1v) is 9.38. The molecule has 0 atom stereocenters. The number of carbonyl (C=O) groups excluding carboxylic acids is 1. The van der Waals surface area contributed by atoms with E-state index in [1.54, 1.807) is 47.2 Å². The molecule has 0 fully saturated rings. The quantitative estimate of drug-likeness (QED) is 0.479. The molecule has 0 spiro atoms. The number of halogens is 3. The van der Waals surface area contributed by atoms with Gasteiger partial charge in [0, 0.05) is 18.3 Å². The summed E-state index contributed by atoms with van der Waals surface area (Å²) < 4.78 is 47.5. The van der Waals surface area contributed by atoms with Gasteiger partial charge < -0.3 is 19.1 Å². The van der Waals surface area contributed by atoms with E-state index in [4.69, 9.17) is 9.84 Å². The second kappa shape index (κ2) is 9.86. The number of nitrogens with zero attached hydrogens (tertiary/aromatic N) is 1. The van der Waals surface area contributed by atoms with E-state index in [-0.39, 0.29) is 11.3 Å². The van der Waals surface area contributed by atoms with Gasteiger partial charge in [0.25, 0.3) is 0 Å². The number of carboxylic acid groups (broad SMARTS) is 1. The van der Waals surface area contributed by atoms with Gasteiger partial charge >= 0.3 is 12.3 Å². The number of ketones is 1. The Balaban J connectivity index is 1.66. The summed E-state index contributed by atoms with van der Waals surface area (Å²) in [6.07, 6.45) is 0.526. The van der Waals surface area contributed by atoms with E-state index in [9.17, 15) is 22.8 Å². The van der Waals surface area contributed by atoms with Crippen LogP contribution in [0.4, 0.5) is 13.2 Å². The monoisotopic (exact) mass is 445 g/mol. The van der Waals surface area contributed by atoms with E-state index in [1.165, 1.54) is 12.1 Å². The number of benzene rings is 2. The number of ether oxygens (including phenoxy) is 2. The number of carbonyl (C=O) groups is 2. The largest absolute Gasteiger partial charge is 0.573 e. The summed E-state index contributed by atoms with van der Waals surface area (Å²) in [5.41, 5.74) is 1.39. The van der Waals surface area contributed by atoms with E-state index in [2.05, 4.69) is 4.74 Å². The van der Waals surface area contributed by atoms with Crippen LogP contribution < -0.4 is 9.47 Å². The van der Waals surface area contributed by atoms with Crippen LogP contribution in [0.5, 0.6) is 11.5 Å². The zero-order chi connectivity index (χ0) is 23.1. The van der Waals surface area contributed by atoms with Gasteiger partial charge in [-0.05, 0) is 54.1 Å². The van der Waals surface area contributed by atoms with Crippen molar-refractivity contribution in [2.75, 3.05) is 6.61 Å². The van der Waals surface area contributed by atoms with Crippen molar-refractivity contribution in [1.82, 2.24) is 4.57 Å². The summed E-state index contributed by atoms with van der Waals surface area (Å²) in [5, 5.41) is 8.68. The molecule has 3 aromatic rings. The number of hydrogen-bond donors (Lipinski definition) is 1. The summed E-state index contributed by atoms with van der Waals surface area (Å²) in [6, 6.07) is 14.9. The van der Waals surface area contributed by atoms with E-state index in [0.717, 1.165) is 17.7 Å². The summed E-state index contributed by atoms with van der Waals surface area (Å²) in [7, 11) is 0. The fourth-order valence-corrected chi connectivity index (χ4v) is 2.89. The normalized spacial score (nSPS) is 11.5. The van der Waals surface area contributed by atoms with Gasteiger partial charge in [0.2, 0.25) is 5.78 Å². The highest BCUT2D eigenvalue weighted by molar-refractivity contribution is 6.08. The third kappa shape index (κ3) is 6.49. The van der Waals surface area contributed by atoms with Crippen molar-refractivity contribution >= 4 is 17.8 Å². The molecule has 1 N–H and O–H groups in total. The van der Waals surface area contributed by atoms with Crippen LogP contribution in [0.15, 0.2) is 72.9 Å². The van der Waals surface area contributed by atoms with Crippen LogP contribution in [-0.4, -0.2) is 34.4 Å². The van der Waals surface area contributed by atoms with Crippen molar-refractivity contribution in [1.29, 1.82) is 0 Å². The molecule has 32 heavy (non-hydrogen) atoms. The molecule has 2 aromatic carbocycles. The Morgan fingerprint density at radius 2 is 1.75 bits per heavy atom. The maximum atomic E-state index is 12.8. The van der Waals surface area contributed by atoms with Crippen molar-refractivity contribution < 1.29 is 37.3 Å². The summed E-state index contributed by atoms with van der Waals surface area (Å²) in [6.45, 7) is -0.0745. The first-order chi connectivity index (χ1) is 15.2. The molecule has 166 valence electrons. The zero-order valence-electron chi connectivity index (χ0n) is 16.6. The third-order valence-corrected chi connectivity index (χ3v) is 4.25. The maximum absolute atomic E-state index is 12.8. The van der Waals surface area contributed by atoms with Crippen molar-refractivity contribution in [2.24, 2.45) is 0 Å². The topological polar surface area (TPSA) is 77.8 Å². The number of aliphatic carboxylic acids is 1. The average molecular weight is 445 g/mol. The number of aromatic nitrogens is 1. The molecule has 0 radical (unpaired) electrons. The van der Waals surface area contributed by atoms with Crippen LogP contribution in [0.1, 0.15) is 21.6 Å². The molecule has 9 heteroatoms. The number of carboxylic acids is 1. The van der Waals surface area contributed by atoms with E-state index in [1.807, 2.05) is 12.1 Å². The Morgan fingerprint density at radius 1 is 1.00 bits per heavy atom. The standard InChI is InChI=1S/C23H18F3NO5/c24-23(25,26)32-18-10-8-17(9-11-18)22(30)20-7-3-13-27(20)12-2-5-16-4-1-6-19(14-16)31-15-21(28)29/h1-11,13-14H,12,15H2,(H,28,29)/b5-2+. The van der Waals surface area contributed by atoms with Gasteiger partial charge in [0.15, 0.2) is 6.61 Å². The lowest BCUT2D eigenvalue weighted by Crippen LogP contribution is -2.17. The van der Waals surface area contributed by atoms with Crippen LogP contribution in [-0.2, 0) is 11.3 Å². The first-order valence-electron chi connectivity index (χ1n) is 9.38. The molecule has 0 aliphatic heterocycles. The molecular formula is C23H18F3NO5. The Labute approximate surface area is 181 Å². The van der Waals surface area contributed by atoms with Crippen LogP contribution in [0, 0.1) is 0 Å². The molecule has 0 saturated heterocycles. The summed E-state index contributed by atoms with van der Waals surface area (Å²) >= 11 is 0. The lowest BCUT2D eigenvalue weighted by atomic mass is 10.1. The number of allylic oxidation sites excluding steroid dienone is 1. The molecule has 0 saturated carbocycles. The molecule has 0 aliphatic carbocycles.